The third-order valence-electron chi connectivity index (χ3n) is 5.11. The zero-order chi connectivity index (χ0) is 20.6. The van der Waals surface area contributed by atoms with E-state index in [1.165, 1.54) is 22.9 Å². The fraction of sp³-hybridized carbons (Fsp3) is 0.435. The van der Waals surface area contributed by atoms with Crippen LogP contribution in [0.1, 0.15) is 53.6 Å². The number of aryl methyl sites for hydroxylation is 2. The van der Waals surface area contributed by atoms with Crippen molar-refractivity contribution in [1.82, 2.24) is 15.2 Å². The van der Waals surface area contributed by atoms with Gasteiger partial charge in [0.25, 0.3) is 5.91 Å². The predicted octanol–water partition coefficient (Wildman–Crippen LogP) is 4.37. The van der Waals surface area contributed by atoms with Crippen molar-refractivity contribution in [3.8, 4) is 0 Å². The molecule has 2 aromatic rings. The number of pyridine rings is 1. The highest BCUT2D eigenvalue weighted by Gasteiger charge is 2.17. The van der Waals surface area contributed by atoms with Crippen molar-refractivity contribution in [3.05, 3.63) is 53.2 Å². The van der Waals surface area contributed by atoms with Crippen LogP contribution in [0.2, 0.25) is 0 Å². The number of amides is 2. The zero-order valence-corrected chi connectivity index (χ0v) is 18.1. The van der Waals surface area contributed by atoms with Gasteiger partial charge < -0.3 is 10.2 Å². The largest absolute Gasteiger partial charge is 0.352 e. The van der Waals surface area contributed by atoms with Crippen LogP contribution >= 0.6 is 11.8 Å². The molecule has 1 saturated heterocycles. The van der Waals surface area contributed by atoms with Gasteiger partial charge in [0, 0.05) is 37.1 Å². The van der Waals surface area contributed by atoms with E-state index in [0.717, 1.165) is 37.1 Å². The van der Waals surface area contributed by atoms with E-state index in [1.54, 1.807) is 12.3 Å². The molecule has 0 bridgehead atoms. The van der Waals surface area contributed by atoms with Crippen LogP contribution in [0.3, 0.4) is 0 Å². The van der Waals surface area contributed by atoms with E-state index in [1.807, 2.05) is 11.0 Å². The molecule has 6 heteroatoms. The van der Waals surface area contributed by atoms with E-state index in [-0.39, 0.29) is 11.8 Å². The van der Waals surface area contributed by atoms with Crippen molar-refractivity contribution in [2.24, 2.45) is 0 Å². The van der Waals surface area contributed by atoms with Crippen LogP contribution in [0.15, 0.2) is 46.5 Å². The van der Waals surface area contributed by atoms with Crippen molar-refractivity contribution in [2.45, 2.75) is 55.9 Å². The summed E-state index contributed by atoms with van der Waals surface area (Å²) in [7, 11) is 0. The first-order chi connectivity index (χ1) is 14.0. The van der Waals surface area contributed by atoms with Crippen molar-refractivity contribution < 1.29 is 9.59 Å². The highest BCUT2D eigenvalue weighted by molar-refractivity contribution is 7.99. The van der Waals surface area contributed by atoms with Crippen LogP contribution in [0.4, 0.5) is 0 Å². The molecule has 0 saturated carbocycles. The monoisotopic (exact) mass is 411 g/mol. The van der Waals surface area contributed by atoms with Gasteiger partial charge in [0.1, 0.15) is 5.03 Å². The molecule has 0 spiro atoms. The maximum Gasteiger partial charge on any atom is 0.254 e. The normalized spacial score (nSPS) is 14.6. The molecule has 29 heavy (non-hydrogen) atoms. The second kappa shape index (κ2) is 10.4. The first-order valence-corrected chi connectivity index (χ1v) is 11.1. The van der Waals surface area contributed by atoms with Gasteiger partial charge in [-0.2, -0.15) is 0 Å². The SMILES string of the molecule is Cc1ccc(Sc2ncccc2C(=O)NCCCN2CCCCCC2=O)c(C)c1. The van der Waals surface area contributed by atoms with E-state index in [9.17, 15) is 9.59 Å². The second-order valence-corrected chi connectivity index (χ2v) is 8.56. The Hall–Kier alpha value is -2.34. The average Bonchev–Trinajstić information content (AvgIpc) is 2.92. The average molecular weight is 412 g/mol. The predicted molar refractivity (Wildman–Crippen MR) is 116 cm³/mol. The van der Waals surface area contributed by atoms with Gasteiger partial charge in [-0.05, 0) is 56.9 Å². The Balaban J connectivity index is 1.56. The van der Waals surface area contributed by atoms with Crippen LogP contribution in [-0.4, -0.2) is 41.3 Å². The highest BCUT2D eigenvalue weighted by Crippen LogP contribution is 2.31. The summed E-state index contributed by atoms with van der Waals surface area (Å²) in [6.07, 6.45) is 6.33. The van der Waals surface area contributed by atoms with Gasteiger partial charge in [0.2, 0.25) is 5.91 Å². The molecule has 0 radical (unpaired) electrons. The quantitative estimate of drug-likeness (QED) is 0.687. The number of carbonyl (C=O) groups is 2. The van der Waals surface area contributed by atoms with E-state index in [0.29, 0.717) is 30.1 Å². The minimum Gasteiger partial charge on any atom is -0.352 e. The van der Waals surface area contributed by atoms with Crippen LogP contribution in [0, 0.1) is 13.8 Å². The van der Waals surface area contributed by atoms with E-state index in [4.69, 9.17) is 0 Å². The summed E-state index contributed by atoms with van der Waals surface area (Å²) in [4.78, 5) is 32.2. The van der Waals surface area contributed by atoms with Crippen molar-refractivity contribution in [1.29, 1.82) is 0 Å². The standard InChI is InChI=1S/C23H29N3O2S/c1-17-10-11-20(18(2)16-17)29-23-19(8-6-12-25-23)22(28)24-13-7-15-26-14-5-3-4-9-21(26)27/h6,8,10-12,16H,3-5,7,9,13-15H2,1-2H3,(H,24,28). The van der Waals surface area contributed by atoms with Gasteiger partial charge in [-0.3, -0.25) is 9.59 Å². The Morgan fingerprint density at radius 2 is 2.07 bits per heavy atom. The number of carbonyl (C=O) groups excluding carboxylic acids is 2. The maximum absolute atomic E-state index is 12.7. The van der Waals surface area contributed by atoms with Crippen LogP contribution in [0.5, 0.6) is 0 Å². The second-order valence-electron chi connectivity index (χ2n) is 7.53. The summed E-state index contributed by atoms with van der Waals surface area (Å²) >= 11 is 1.52. The first kappa shape index (κ1) is 21.4. The number of hydrogen-bond donors (Lipinski definition) is 1. The fourth-order valence-corrected chi connectivity index (χ4v) is 4.45. The fourth-order valence-electron chi connectivity index (χ4n) is 3.50. The summed E-state index contributed by atoms with van der Waals surface area (Å²) in [6.45, 7) is 6.23. The minimum atomic E-state index is -0.118. The lowest BCUT2D eigenvalue weighted by molar-refractivity contribution is -0.130. The molecule has 1 aliphatic rings. The Labute approximate surface area is 177 Å². The van der Waals surface area contributed by atoms with Gasteiger partial charge in [-0.25, -0.2) is 4.98 Å². The molecule has 154 valence electrons. The van der Waals surface area contributed by atoms with Crippen molar-refractivity contribution >= 4 is 23.6 Å². The molecule has 1 aliphatic heterocycles. The van der Waals surface area contributed by atoms with Gasteiger partial charge >= 0.3 is 0 Å². The van der Waals surface area contributed by atoms with Crippen LogP contribution in [0.25, 0.3) is 0 Å². The van der Waals surface area contributed by atoms with E-state index < -0.39 is 0 Å². The summed E-state index contributed by atoms with van der Waals surface area (Å²) in [5, 5.41) is 3.70. The highest BCUT2D eigenvalue weighted by atomic mass is 32.2. The Kier molecular flexibility index (Phi) is 7.69. The number of nitrogens with zero attached hydrogens (tertiary/aromatic N) is 2. The number of aromatic nitrogens is 1. The molecule has 0 unspecified atom stereocenters. The molecule has 0 aliphatic carbocycles. The Morgan fingerprint density at radius 3 is 2.90 bits per heavy atom. The lowest BCUT2D eigenvalue weighted by atomic mass is 10.2. The van der Waals surface area contributed by atoms with Gasteiger partial charge in [0.15, 0.2) is 0 Å². The zero-order valence-electron chi connectivity index (χ0n) is 17.2. The van der Waals surface area contributed by atoms with Gasteiger partial charge in [-0.1, -0.05) is 35.9 Å². The number of hydrogen-bond acceptors (Lipinski definition) is 4. The van der Waals surface area contributed by atoms with Gasteiger partial charge in [0.05, 0.1) is 5.56 Å². The van der Waals surface area contributed by atoms with Crippen molar-refractivity contribution in [3.63, 3.8) is 0 Å². The van der Waals surface area contributed by atoms with Crippen LogP contribution < -0.4 is 5.32 Å². The van der Waals surface area contributed by atoms with Crippen molar-refractivity contribution in [2.75, 3.05) is 19.6 Å². The van der Waals surface area contributed by atoms with E-state index in [2.05, 4.69) is 42.3 Å². The molecular formula is C23H29N3O2S. The third kappa shape index (κ3) is 6.07. The smallest absolute Gasteiger partial charge is 0.254 e. The molecule has 1 aromatic heterocycles. The summed E-state index contributed by atoms with van der Waals surface area (Å²) in [5.41, 5.74) is 2.98. The maximum atomic E-state index is 12.7. The Bertz CT molecular complexity index is 869. The summed E-state index contributed by atoms with van der Waals surface area (Å²) in [6, 6.07) is 9.88. The molecule has 1 N–H and O–H groups in total. The molecule has 2 heterocycles. The molecule has 1 aromatic carbocycles. The molecule has 3 rings (SSSR count). The Morgan fingerprint density at radius 1 is 1.21 bits per heavy atom. The number of rotatable bonds is 7. The third-order valence-corrected chi connectivity index (χ3v) is 6.31. The minimum absolute atomic E-state index is 0.118. The molecule has 2 amide bonds. The molecule has 0 atom stereocenters. The molecule has 1 fully saturated rings. The summed E-state index contributed by atoms with van der Waals surface area (Å²) in [5.74, 6) is 0.126. The number of likely N-dealkylation sites (tertiary alicyclic amines) is 1. The topological polar surface area (TPSA) is 62.3 Å². The number of nitrogens with one attached hydrogen (secondary N) is 1. The lowest BCUT2D eigenvalue weighted by Crippen LogP contribution is -2.34. The summed E-state index contributed by atoms with van der Waals surface area (Å²) < 4.78 is 0. The van der Waals surface area contributed by atoms with E-state index >= 15 is 0 Å². The number of benzene rings is 1. The lowest BCUT2D eigenvalue weighted by Gasteiger charge is -2.20. The van der Waals surface area contributed by atoms with Crippen LogP contribution in [-0.2, 0) is 4.79 Å². The first-order valence-electron chi connectivity index (χ1n) is 10.3. The molecular weight excluding hydrogens is 382 g/mol. The van der Waals surface area contributed by atoms with Gasteiger partial charge in [-0.15, -0.1) is 0 Å². The molecule has 5 nitrogen and oxygen atoms in total.